The summed E-state index contributed by atoms with van der Waals surface area (Å²) in [6, 6.07) is 5.01. The quantitative estimate of drug-likeness (QED) is 0.665. The zero-order valence-corrected chi connectivity index (χ0v) is 12.6. The minimum absolute atomic E-state index is 0.305. The van der Waals surface area contributed by atoms with Gasteiger partial charge in [-0.3, -0.25) is 0 Å². The second kappa shape index (κ2) is 9.69. The van der Waals surface area contributed by atoms with Crippen molar-refractivity contribution in [1.29, 1.82) is 0 Å². The van der Waals surface area contributed by atoms with Gasteiger partial charge < -0.3 is 19.7 Å². The van der Waals surface area contributed by atoms with Crippen molar-refractivity contribution in [2.45, 2.75) is 13.0 Å². The number of halogens is 1. The van der Waals surface area contributed by atoms with Crippen molar-refractivity contribution in [3.63, 3.8) is 0 Å². The van der Waals surface area contributed by atoms with Gasteiger partial charge in [0.1, 0.15) is 0 Å². The molecular weight excluding hydrogens is 259 g/mol. The number of para-hydroxylation sites is 1. The molecule has 0 bridgehead atoms. The Kier molecular flexibility index (Phi) is 8.18. The van der Waals surface area contributed by atoms with Crippen molar-refractivity contribution >= 4 is 0 Å². The Morgan fingerprint density at radius 2 is 2.05 bits per heavy atom. The number of benzene rings is 1. The van der Waals surface area contributed by atoms with Crippen molar-refractivity contribution < 1.29 is 13.9 Å². The Bertz CT molecular complexity index is 386. The van der Waals surface area contributed by atoms with Crippen LogP contribution in [-0.2, 0) is 11.3 Å². The molecule has 0 aliphatic carbocycles. The number of hydrogen-bond acceptors (Lipinski definition) is 4. The summed E-state index contributed by atoms with van der Waals surface area (Å²) in [5, 5.41) is 3.20. The highest BCUT2D eigenvalue weighted by atomic mass is 19.1. The second-order valence-corrected chi connectivity index (χ2v) is 4.90. The van der Waals surface area contributed by atoms with Crippen molar-refractivity contribution in [3.05, 3.63) is 29.6 Å². The molecule has 0 aromatic heterocycles. The third kappa shape index (κ3) is 6.32. The molecule has 0 amide bonds. The normalized spacial score (nSPS) is 11.1. The maximum Gasteiger partial charge on any atom is 0.165 e. The summed E-state index contributed by atoms with van der Waals surface area (Å²) in [6.07, 6.45) is 0.873. The highest BCUT2D eigenvalue weighted by molar-refractivity contribution is 5.34. The van der Waals surface area contributed by atoms with Crippen LogP contribution in [0.3, 0.4) is 0 Å². The van der Waals surface area contributed by atoms with E-state index in [4.69, 9.17) is 9.47 Å². The number of methoxy groups -OCH3 is 1. The molecule has 0 spiro atoms. The van der Waals surface area contributed by atoms with E-state index < -0.39 is 0 Å². The molecule has 0 atom stereocenters. The molecule has 0 aliphatic rings. The fraction of sp³-hybridized carbons (Fsp3) is 0.600. The minimum Gasteiger partial charge on any atom is -0.490 e. The Morgan fingerprint density at radius 3 is 2.75 bits per heavy atom. The zero-order valence-electron chi connectivity index (χ0n) is 12.6. The first-order valence-corrected chi connectivity index (χ1v) is 6.89. The van der Waals surface area contributed by atoms with Gasteiger partial charge in [0, 0.05) is 32.3 Å². The predicted molar refractivity (Wildman–Crippen MR) is 78.6 cm³/mol. The van der Waals surface area contributed by atoms with Crippen LogP contribution in [0.5, 0.6) is 5.75 Å². The number of hydrogen-bond donors (Lipinski definition) is 1. The fourth-order valence-corrected chi connectivity index (χ4v) is 1.81. The van der Waals surface area contributed by atoms with Gasteiger partial charge >= 0.3 is 0 Å². The Morgan fingerprint density at radius 1 is 1.25 bits per heavy atom. The molecule has 0 saturated carbocycles. The monoisotopic (exact) mass is 284 g/mol. The third-order valence-electron chi connectivity index (χ3n) is 2.84. The van der Waals surface area contributed by atoms with Crippen LogP contribution >= 0.6 is 0 Å². The lowest BCUT2D eigenvalue weighted by Crippen LogP contribution is -2.20. The molecule has 4 nitrogen and oxygen atoms in total. The van der Waals surface area contributed by atoms with E-state index in [1.165, 1.54) is 6.07 Å². The highest BCUT2D eigenvalue weighted by Crippen LogP contribution is 2.22. The van der Waals surface area contributed by atoms with Gasteiger partial charge in [0.25, 0.3) is 0 Å². The molecule has 1 aromatic rings. The molecule has 114 valence electrons. The molecule has 0 aliphatic heterocycles. The molecule has 1 aromatic carbocycles. The molecule has 1 N–H and O–H groups in total. The Hall–Kier alpha value is -1.17. The number of rotatable bonds is 10. The van der Waals surface area contributed by atoms with Gasteiger partial charge in [0.15, 0.2) is 11.6 Å². The first-order valence-electron chi connectivity index (χ1n) is 6.89. The predicted octanol–water partition coefficient (Wildman–Crippen LogP) is 1.89. The Balaban J connectivity index is 2.49. The van der Waals surface area contributed by atoms with Crippen LogP contribution in [0.25, 0.3) is 0 Å². The van der Waals surface area contributed by atoms with E-state index in [9.17, 15) is 4.39 Å². The van der Waals surface area contributed by atoms with E-state index in [2.05, 4.69) is 10.2 Å². The molecule has 0 fully saturated rings. The first kappa shape index (κ1) is 16.9. The van der Waals surface area contributed by atoms with Gasteiger partial charge in [-0.25, -0.2) is 4.39 Å². The van der Waals surface area contributed by atoms with E-state index in [1.807, 2.05) is 20.2 Å². The maximum absolute atomic E-state index is 13.8. The Labute approximate surface area is 120 Å². The van der Waals surface area contributed by atoms with Gasteiger partial charge in [-0.2, -0.15) is 0 Å². The molecule has 1 rings (SSSR count). The second-order valence-electron chi connectivity index (χ2n) is 4.90. The number of ether oxygens (including phenoxy) is 2. The first-order chi connectivity index (χ1) is 9.65. The van der Waals surface area contributed by atoms with Crippen molar-refractivity contribution in [2.24, 2.45) is 0 Å². The van der Waals surface area contributed by atoms with E-state index in [0.717, 1.165) is 25.1 Å². The molecule has 0 radical (unpaired) electrons. The number of nitrogens with zero attached hydrogens (tertiary/aromatic N) is 1. The summed E-state index contributed by atoms with van der Waals surface area (Å²) >= 11 is 0. The SMILES string of the molecule is COCCNCc1cccc(F)c1OCCCN(C)C. The van der Waals surface area contributed by atoms with Crippen LogP contribution in [0, 0.1) is 5.82 Å². The van der Waals surface area contributed by atoms with Gasteiger partial charge in [0.2, 0.25) is 0 Å². The summed E-state index contributed by atoms with van der Waals surface area (Å²) in [6.45, 7) is 3.38. The van der Waals surface area contributed by atoms with Crippen LogP contribution in [0.15, 0.2) is 18.2 Å². The fourth-order valence-electron chi connectivity index (χ4n) is 1.81. The van der Waals surface area contributed by atoms with Crippen LogP contribution in [0.4, 0.5) is 4.39 Å². The molecular formula is C15H25FN2O2. The zero-order chi connectivity index (χ0) is 14.8. The average Bonchev–Trinajstić information content (AvgIpc) is 2.41. The smallest absolute Gasteiger partial charge is 0.165 e. The maximum atomic E-state index is 13.8. The molecule has 5 heteroatoms. The van der Waals surface area contributed by atoms with Crippen LogP contribution in [-0.4, -0.2) is 52.4 Å². The molecule has 20 heavy (non-hydrogen) atoms. The van der Waals surface area contributed by atoms with Crippen molar-refractivity contribution in [1.82, 2.24) is 10.2 Å². The average molecular weight is 284 g/mol. The highest BCUT2D eigenvalue weighted by Gasteiger charge is 2.09. The van der Waals surface area contributed by atoms with E-state index >= 15 is 0 Å². The van der Waals surface area contributed by atoms with Crippen LogP contribution in [0.2, 0.25) is 0 Å². The van der Waals surface area contributed by atoms with Crippen LogP contribution < -0.4 is 10.1 Å². The molecule has 0 saturated heterocycles. The third-order valence-corrected chi connectivity index (χ3v) is 2.84. The van der Waals surface area contributed by atoms with Gasteiger partial charge in [0.05, 0.1) is 13.2 Å². The van der Waals surface area contributed by atoms with Crippen LogP contribution in [0.1, 0.15) is 12.0 Å². The van der Waals surface area contributed by atoms with Gasteiger partial charge in [-0.1, -0.05) is 12.1 Å². The van der Waals surface area contributed by atoms with Gasteiger partial charge in [-0.05, 0) is 26.6 Å². The summed E-state index contributed by atoms with van der Waals surface area (Å²) in [4.78, 5) is 2.08. The standard InChI is InChI=1S/C15H25FN2O2/c1-18(2)9-5-10-20-15-13(6-4-7-14(15)16)12-17-8-11-19-3/h4,6-7,17H,5,8-12H2,1-3H3. The van der Waals surface area contributed by atoms with Crippen molar-refractivity contribution in [2.75, 3.05) is 47.5 Å². The summed E-state index contributed by atoms with van der Waals surface area (Å²) in [7, 11) is 5.67. The minimum atomic E-state index is -0.305. The molecule has 0 unspecified atom stereocenters. The lowest BCUT2D eigenvalue weighted by Gasteiger charge is -2.14. The van der Waals surface area contributed by atoms with Crippen molar-refractivity contribution in [3.8, 4) is 5.75 Å². The number of nitrogens with one attached hydrogen (secondary N) is 1. The molecule has 0 heterocycles. The summed E-state index contributed by atoms with van der Waals surface area (Å²) in [5.41, 5.74) is 0.839. The van der Waals surface area contributed by atoms with E-state index in [0.29, 0.717) is 25.5 Å². The van der Waals surface area contributed by atoms with Gasteiger partial charge in [-0.15, -0.1) is 0 Å². The largest absolute Gasteiger partial charge is 0.490 e. The topological polar surface area (TPSA) is 33.7 Å². The van der Waals surface area contributed by atoms with E-state index in [1.54, 1.807) is 13.2 Å². The summed E-state index contributed by atoms with van der Waals surface area (Å²) < 4.78 is 24.4. The lowest BCUT2D eigenvalue weighted by molar-refractivity contribution is 0.199. The lowest BCUT2D eigenvalue weighted by atomic mass is 10.2. The van der Waals surface area contributed by atoms with E-state index in [-0.39, 0.29) is 5.82 Å². The summed E-state index contributed by atoms with van der Waals surface area (Å²) in [5.74, 6) is 0.0528.